The summed E-state index contributed by atoms with van der Waals surface area (Å²) in [7, 11) is -1.33. The Labute approximate surface area is 282 Å². The Hall–Kier alpha value is -5.14. The van der Waals surface area contributed by atoms with Gasteiger partial charge >= 0.3 is 0 Å². The molecule has 0 atom stereocenters. The van der Waals surface area contributed by atoms with Gasteiger partial charge in [0.2, 0.25) is 0 Å². The molecule has 0 saturated carbocycles. The third-order valence-electron chi connectivity index (χ3n) is 9.31. The molecule has 0 saturated heterocycles. The molecule has 7 rings (SSSR count). The summed E-state index contributed by atoms with van der Waals surface area (Å²) in [5, 5.41) is 0. The minimum Gasteiger partial charge on any atom is -0.355 e. The average molecular weight is 649 g/mol. The summed E-state index contributed by atoms with van der Waals surface area (Å²) in [5.74, 6) is 0.159. The first-order valence-electron chi connectivity index (χ1n) is 16.5. The molecule has 0 amide bonds. The van der Waals surface area contributed by atoms with E-state index in [1.807, 2.05) is 68.4 Å². The first-order chi connectivity index (χ1) is 22.9. The van der Waals surface area contributed by atoms with Gasteiger partial charge in [-0.25, -0.2) is 9.97 Å². The van der Waals surface area contributed by atoms with E-state index in [-0.39, 0.29) is 11.6 Å². The highest BCUT2D eigenvalue weighted by Crippen LogP contribution is 2.36. The van der Waals surface area contributed by atoms with Gasteiger partial charge in [0.05, 0.1) is 22.5 Å². The Balaban J connectivity index is 1.50. The van der Waals surface area contributed by atoms with Crippen LogP contribution in [0.15, 0.2) is 84.9 Å². The molecular weight excluding hydrogens is 609 g/mol. The van der Waals surface area contributed by atoms with Crippen molar-refractivity contribution in [1.29, 1.82) is 0 Å². The van der Waals surface area contributed by atoms with Crippen LogP contribution < -0.4 is 0 Å². The molecule has 5 heterocycles. The van der Waals surface area contributed by atoms with Crippen molar-refractivity contribution in [3.05, 3.63) is 119 Å². The fraction of sp³-hybridized carbons (Fsp3) is 0.220. The third kappa shape index (κ3) is 6.02. The van der Waals surface area contributed by atoms with E-state index in [0.29, 0.717) is 17.8 Å². The molecule has 8 bridgehead atoms. The van der Waals surface area contributed by atoms with Crippen molar-refractivity contribution in [1.82, 2.24) is 19.9 Å². The van der Waals surface area contributed by atoms with Crippen molar-refractivity contribution in [3.8, 4) is 22.3 Å². The van der Waals surface area contributed by atoms with Gasteiger partial charge in [-0.05, 0) is 80.4 Å². The highest BCUT2D eigenvalue weighted by molar-refractivity contribution is 6.76. The standard InChI is InChI=1S/C41H40N4O2Si/c1-25-7-9-27(10-8-25)38-32-18-16-30(43-32)24-37-41(2,3)40(47)35(45-37)23-29-15-17-31(42-29)39(34-20-19-33(38)44-34)28-13-11-26(12-14-28)36(46)21-22-48(4,5)6/h7-20,23-24,42-43H,21-22H2,1-6H3. The molecule has 6 nitrogen and oxygen atoms in total. The number of rotatable bonds is 6. The Morgan fingerprint density at radius 1 is 0.729 bits per heavy atom. The number of hydrogen-bond acceptors (Lipinski definition) is 4. The van der Waals surface area contributed by atoms with Crippen LogP contribution in [0.25, 0.3) is 56.5 Å². The molecular formula is C41H40N4O2Si. The first kappa shape index (κ1) is 31.5. The van der Waals surface area contributed by atoms with Crippen molar-refractivity contribution in [2.75, 3.05) is 0 Å². The Morgan fingerprint density at radius 2 is 1.27 bits per heavy atom. The van der Waals surface area contributed by atoms with Gasteiger partial charge in [-0.3, -0.25) is 9.59 Å². The molecule has 2 N–H and O–H groups in total. The lowest BCUT2D eigenvalue weighted by Crippen LogP contribution is -2.23. The van der Waals surface area contributed by atoms with E-state index in [1.165, 1.54) is 5.56 Å². The van der Waals surface area contributed by atoms with E-state index >= 15 is 0 Å². The minimum atomic E-state index is -1.33. The van der Waals surface area contributed by atoms with Gasteiger partial charge in [0.15, 0.2) is 11.6 Å². The Kier molecular flexibility index (Phi) is 7.75. The highest BCUT2D eigenvalue weighted by atomic mass is 28.3. The second-order valence-electron chi connectivity index (χ2n) is 14.7. The van der Waals surface area contributed by atoms with E-state index in [2.05, 4.69) is 79.0 Å². The van der Waals surface area contributed by atoms with E-state index in [4.69, 9.17) is 9.97 Å². The number of nitrogens with zero attached hydrogens (tertiary/aromatic N) is 2. The zero-order valence-corrected chi connectivity index (χ0v) is 29.4. The number of carbonyl (C=O) groups is 2. The van der Waals surface area contributed by atoms with Crippen LogP contribution in [0.2, 0.25) is 25.7 Å². The number of H-pyrrole nitrogens is 2. The second kappa shape index (κ2) is 11.8. The van der Waals surface area contributed by atoms with Crippen LogP contribution in [-0.4, -0.2) is 39.6 Å². The van der Waals surface area contributed by atoms with Gasteiger partial charge in [-0.2, -0.15) is 0 Å². The molecule has 5 aromatic rings. The van der Waals surface area contributed by atoms with Gasteiger partial charge in [0.25, 0.3) is 0 Å². The van der Waals surface area contributed by atoms with Gasteiger partial charge in [0.1, 0.15) is 5.69 Å². The van der Waals surface area contributed by atoms with Crippen molar-refractivity contribution >= 4 is 53.9 Å². The number of nitrogens with one attached hydrogen (secondary N) is 2. The monoisotopic (exact) mass is 648 g/mol. The number of fused-ring (bicyclic) bond motifs is 8. The molecule has 240 valence electrons. The van der Waals surface area contributed by atoms with E-state index in [1.54, 1.807) is 0 Å². The van der Waals surface area contributed by atoms with E-state index in [0.717, 1.165) is 67.3 Å². The Morgan fingerprint density at radius 3 is 1.83 bits per heavy atom. The average Bonchev–Trinajstić information content (AvgIpc) is 3.85. The largest absolute Gasteiger partial charge is 0.355 e. The summed E-state index contributed by atoms with van der Waals surface area (Å²) in [6.07, 6.45) is 4.70. The van der Waals surface area contributed by atoms with Crippen molar-refractivity contribution in [2.45, 2.75) is 58.3 Å². The maximum atomic E-state index is 13.6. The molecule has 3 aromatic heterocycles. The summed E-state index contributed by atoms with van der Waals surface area (Å²) in [4.78, 5) is 43.9. The van der Waals surface area contributed by atoms with Gasteiger partial charge in [-0.15, -0.1) is 0 Å². The normalized spacial score (nSPS) is 14.0. The first-order valence-corrected chi connectivity index (χ1v) is 20.2. The topological polar surface area (TPSA) is 91.5 Å². The van der Waals surface area contributed by atoms with Crippen LogP contribution in [0.1, 0.15) is 63.8 Å². The summed E-state index contributed by atoms with van der Waals surface area (Å²) >= 11 is 0. The molecule has 0 radical (unpaired) electrons. The molecule has 0 aliphatic carbocycles. The number of carbonyl (C=O) groups excluding carboxylic acids is 2. The fourth-order valence-corrected chi connectivity index (χ4v) is 7.32. The van der Waals surface area contributed by atoms with Crippen molar-refractivity contribution in [3.63, 3.8) is 0 Å². The number of aromatic nitrogens is 4. The maximum Gasteiger partial charge on any atom is 0.192 e. The predicted molar refractivity (Wildman–Crippen MR) is 200 cm³/mol. The zero-order valence-electron chi connectivity index (χ0n) is 28.4. The molecule has 2 aliphatic heterocycles. The van der Waals surface area contributed by atoms with Gasteiger partial charge in [-0.1, -0.05) is 79.8 Å². The van der Waals surface area contributed by atoms with Gasteiger partial charge < -0.3 is 9.97 Å². The highest BCUT2D eigenvalue weighted by Gasteiger charge is 2.37. The number of aromatic amines is 2. The molecule has 2 aliphatic rings. The van der Waals surface area contributed by atoms with Crippen LogP contribution in [0.5, 0.6) is 0 Å². The smallest absolute Gasteiger partial charge is 0.192 e. The zero-order chi connectivity index (χ0) is 33.8. The van der Waals surface area contributed by atoms with E-state index < -0.39 is 13.5 Å². The minimum absolute atomic E-state index is 0.0200. The van der Waals surface area contributed by atoms with Crippen LogP contribution >= 0.6 is 0 Å². The Bertz CT molecular complexity index is 2280. The summed E-state index contributed by atoms with van der Waals surface area (Å²) in [5.41, 5.74) is 11.2. The predicted octanol–water partition coefficient (Wildman–Crippen LogP) is 10.2. The van der Waals surface area contributed by atoms with Gasteiger partial charge in [0, 0.05) is 53.3 Å². The molecule has 2 aromatic carbocycles. The number of aryl methyl sites for hydroxylation is 1. The number of Topliss-reactive ketones (excluding diaryl/α,β-unsaturated/α-hetero) is 2. The fourth-order valence-electron chi connectivity index (χ4n) is 6.35. The molecule has 0 unspecified atom stereocenters. The van der Waals surface area contributed by atoms with Crippen molar-refractivity contribution in [2.24, 2.45) is 0 Å². The van der Waals surface area contributed by atoms with Crippen LogP contribution in [0.4, 0.5) is 0 Å². The molecule has 7 heteroatoms. The third-order valence-corrected chi connectivity index (χ3v) is 11.1. The quantitative estimate of drug-likeness (QED) is 0.139. The molecule has 0 fully saturated rings. The number of ketones is 2. The SMILES string of the molecule is Cc1ccc(-c2c3nc(c(-c4ccc(C(=O)CC[Si](C)(C)C)cc4)c4ccc(cc5nc(cc6ccc2[nH]6)C(C)(C)C5=O)[nH]4)C=C3)cc1. The summed E-state index contributed by atoms with van der Waals surface area (Å²) in [6, 6.07) is 29.2. The summed E-state index contributed by atoms with van der Waals surface area (Å²) < 4.78 is 0. The molecule has 0 spiro atoms. The molecule has 48 heavy (non-hydrogen) atoms. The van der Waals surface area contributed by atoms with Crippen molar-refractivity contribution < 1.29 is 9.59 Å². The second-order valence-corrected chi connectivity index (χ2v) is 20.3. The lowest BCUT2D eigenvalue weighted by atomic mass is 9.85. The van der Waals surface area contributed by atoms with Crippen LogP contribution in [-0.2, 0) is 5.41 Å². The summed E-state index contributed by atoms with van der Waals surface area (Å²) in [6.45, 7) is 12.8. The lowest BCUT2D eigenvalue weighted by Gasteiger charge is -2.14. The van der Waals surface area contributed by atoms with Crippen LogP contribution in [0, 0.1) is 6.92 Å². The lowest BCUT2D eigenvalue weighted by molar-refractivity contribution is 0.0918. The number of hydrogen-bond donors (Lipinski definition) is 2. The number of benzene rings is 2. The van der Waals surface area contributed by atoms with Crippen LogP contribution in [0.3, 0.4) is 0 Å². The van der Waals surface area contributed by atoms with E-state index in [9.17, 15) is 9.59 Å². The maximum absolute atomic E-state index is 13.6.